The molecule has 6 heteroatoms. The van der Waals surface area contributed by atoms with Crippen LogP contribution in [0.15, 0.2) is 70.7 Å². The second kappa shape index (κ2) is 7.80. The third-order valence-electron chi connectivity index (χ3n) is 5.21. The third-order valence-corrected chi connectivity index (χ3v) is 5.99. The number of anilines is 1. The minimum Gasteiger partial charge on any atom is -0.489 e. The maximum atomic E-state index is 13.2. The largest absolute Gasteiger partial charge is 0.489 e. The lowest BCUT2D eigenvalue weighted by atomic mass is 10.1. The van der Waals surface area contributed by atoms with E-state index in [1.165, 1.54) is 0 Å². The molecule has 0 bridgehead atoms. The van der Waals surface area contributed by atoms with Crippen molar-refractivity contribution >= 4 is 22.9 Å². The van der Waals surface area contributed by atoms with Crippen molar-refractivity contribution in [1.82, 2.24) is 4.98 Å². The highest BCUT2D eigenvalue weighted by Gasteiger charge is 2.29. The van der Waals surface area contributed by atoms with Gasteiger partial charge in [-0.3, -0.25) is 4.79 Å². The lowest BCUT2D eigenvalue weighted by Crippen LogP contribution is -2.29. The molecular formula is C24H20N2O3S. The summed E-state index contributed by atoms with van der Waals surface area (Å²) in [5, 5.41) is 3.11. The van der Waals surface area contributed by atoms with Gasteiger partial charge in [-0.25, -0.2) is 4.98 Å². The van der Waals surface area contributed by atoms with Crippen LogP contribution in [0.4, 0.5) is 5.69 Å². The molecule has 0 N–H and O–H groups in total. The first-order valence-corrected chi connectivity index (χ1v) is 10.7. The van der Waals surface area contributed by atoms with E-state index in [-0.39, 0.29) is 12.5 Å². The van der Waals surface area contributed by atoms with Crippen molar-refractivity contribution in [1.29, 1.82) is 0 Å². The molecule has 2 aromatic heterocycles. The fourth-order valence-corrected chi connectivity index (χ4v) is 4.33. The zero-order chi connectivity index (χ0) is 20.5. The number of nitrogens with zero attached hydrogens (tertiary/aromatic N) is 2. The van der Waals surface area contributed by atoms with Gasteiger partial charge in [-0.1, -0.05) is 24.3 Å². The van der Waals surface area contributed by atoms with E-state index in [4.69, 9.17) is 9.15 Å². The van der Waals surface area contributed by atoms with Gasteiger partial charge in [0, 0.05) is 28.7 Å². The second-order valence-electron chi connectivity index (χ2n) is 7.18. The first-order chi connectivity index (χ1) is 14.7. The Morgan fingerprint density at radius 3 is 2.87 bits per heavy atom. The van der Waals surface area contributed by atoms with Crippen molar-refractivity contribution in [3.63, 3.8) is 0 Å². The maximum absolute atomic E-state index is 13.2. The molecule has 0 radical (unpaired) electrons. The molecule has 1 aliphatic rings. The molecular weight excluding hydrogens is 396 g/mol. The van der Waals surface area contributed by atoms with Crippen molar-refractivity contribution in [3.8, 4) is 17.0 Å². The van der Waals surface area contributed by atoms with Gasteiger partial charge >= 0.3 is 0 Å². The Morgan fingerprint density at radius 1 is 1.20 bits per heavy atom. The van der Waals surface area contributed by atoms with E-state index in [1.807, 2.05) is 49.4 Å². The van der Waals surface area contributed by atoms with E-state index < -0.39 is 0 Å². The number of hydrogen-bond acceptors (Lipinski definition) is 5. The molecule has 150 valence electrons. The van der Waals surface area contributed by atoms with Crippen LogP contribution >= 0.6 is 11.3 Å². The molecule has 5 nitrogen and oxygen atoms in total. The minimum atomic E-state index is -0.136. The fourth-order valence-electron chi connectivity index (χ4n) is 3.71. The molecule has 0 unspecified atom stereocenters. The van der Waals surface area contributed by atoms with Gasteiger partial charge in [-0.05, 0) is 49.2 Å². The number of furan rings is 1. The molecule has 0 saturated heterocycles. The Labute approximate surface area is 178 Å². The number of benzene rings is 2. The van der Waals surface area contributed by atoms with E-state index >= 15 is 0 Å². The standard InChI is InChI=1S/C24H20N2O3S/c1-16-25-21(15-30-16)17-7-8-22-18(13-17)9-11-26(22)24(27)23-19(10-12-28-23)14-29-20-5-3-2-4-6-20/h2-8,10,12-13,15H,9,11,14H2,1H3. The average molecular weight is 417 g/mol. The van der Waals surface area contributed by atoms with Crippen LogP contribution in [0.1, 0.15) is 26.7 Å². The molecule has 2 aromatic carbocycles. The predicted molar refractivity (Wildman–Crippen MR) is 117 cm³/mol. The molecule has 4 aromatic rings. The van der Waals surface area contributed by atoms with Crippen LogP contribution in [-0.2, 0) is 13.0 Å². The van der Waals surface area contributed by atoms with E-state index in [0.29, 0.717) is 12.3 Å². The molecule has 30 heavy (non-hydrogen) atoms. The Kier molecular flexibility index (Phi) is 4.85. The highest BCUT2D eigenvalue weighted by molar-refractivity contribution is 7.09. The predicted octanol–water partition coefficient (Wildman–Crippen LogP) is 5.49. The average Bonchev–Trinajstić information content (AvgIpc) is 3.51. The highest BCUT2D eigenvalue weighted by Crippen LogP contribution is 2.34. The van der Waals surface area contributed by atoms with Crippen LogP contribution in [0.25, 0.3) is 11.3 Å². The molecule has 0 atom stereocenters. The summed E-state index contributed by atoms with van der Waals surface area (Å²) in [7, 11) is 0. The zero-order valence-electron chi connectivity index (χ0n) is 16.5. The van der Waals surface area contributed by atoms with Gasteiger partial charge in [-0.2, -0.15) is 0 Å². The normalized spacial score (nSPS) is 12.8. The number of thiazole rings is 1. The van der Waals surface area contributed by atoms with Crippen molar-refractivity contribution in [2.45, 2.75) is 20.0 Å². The van der Waals surface area contributed by atoms with Gasteiger partial charge in [0.15, 0.2) is 5.76 Å². The highest BCUT2D eigenvalue weighted by atomic mass is 32.1. The quantitative estimate of drug-likeness (QED) is 0.431. The second-order valence-corrected chi connectivity index (χ2v) is 8.24. The molecule has 0 aliphatic carbocycles. The van der Waals surface area contributed by atoms with E-state index in [1.54, 1.807) is 28.6 Å². The molecule has 3 heterocycles. The summed E-state index contributed by atoms with van der Waals surface area (Å²) in [5.74, 6) is 0.953. The van der Waals surface area contributed by atoms with Crippen LogP contribution in [0, 0.1) is 6.92 Å². The summed E-state index contributed by atoms with van der Waals surface area (Å²) in [6.07, 6.45) is 2.36. The van der Waals surface area contributed by atoms with Gasteiger partial charge in [0.05, 0.1) is 17.0 Å². The molecule has 0 saturated carbocycles. The topological polar surface area (TPSA) is 55.6 Å². The number of fused-ring (bicyclic) bond motifs is 1. The van der Waals surface area contributed by atoms with Gasteiger partial charge in [0.1, 0.15) is 12.4 Å². The summed E-state index contributed by atoms with van der Waals surface area (Å²) in [5.41, 5.74) is 4.90. The van der Waals surface area contributed by atoms with Crippen LogP contribution in [-0.4, -0.2) is 17.4 Å². The van der Waals surface area contributed by atoms with Gasteiger partial charge in [0.2, 0.25) is 0 Å². The number of hydrogen-bond donors (Lipinski definition) is 0. The molecule has 0 fully saturated rings. The number of aromatic nitrogens is 1. The summed E-state index contributed by atoms with van der Waals surface area (Å²) in [4.78, 5) is 19.6. The SMILES string of the molecule is Cc1nc(-c2ccc3c(c2)CCN3C(=O)c2occc2COc2ccccc2)cs1. The summed E-state index contributed by atoms with van der Waals surface area (Å²) < 4.78 is 11.4. The Bertz CT molecular complexity index is 1200. The molecule has 1 amide bonds. The first-order valence-electron chi connectivity index (χ1n) is 9.80. The number of aryl methyl sites for hydroxylation is 1. The number of ether oxygens (including phenoxy) is 1. The van der Waals surface area contributed by atoms with Crippen LogP contribution in [0.2, 0.25) is 0 Å². The van der Waals surface area contributed by atoms with E-state index in [0.717, 1.165) is 45.2 Å². The Hall–Kier alpha value is -3.38. The lowest BCUT2D eigenvalue weighted by molar-refractivity contribution is 0.0959. The summed E-state index contributed by atoms with van der Waals surface area (Å²) in [6.45, 7) is 2.92. The number of carbonyl (C=O) groups is 1. The molecule has 1 aliphatic heterocycles. The molecule has 5 rings (SSSR count). The summed E-state index contributed by atoms with van der Waals surface area (Å²) >= 11 is 1.64. The Balaban J connectivity index is 1.36. The lowest BCUT2D eigenvalue weighted by Gasteiger charge is -2.17. The smallest absolute Gasteiger partial charge is 0.294 e. The van der Waals surface area contributed by atoms with Crippen LogP contribution < -0.4 is 9.64 Å². The van der Waals surface area contributed by atoms with Crippen molar-refractivity contribution in [3.05, 3.63) is 88.1 Å². The van der Waals surface area contributed by atoms with Crippen molar-refractivity contribution < 1.29 is 13.9 Å². The van der Waals surface area contributed by atoms with Gasteiger partial charge in [0.25, 0.3) is 5.91 Å². The van der Waals surface area contributed by atoms with E-state index in [2.05, 4.69) is 16.4 Å². The first kappa shape index (κ1) is 18.6. The number of para-hydroxylation sites is 1. The zero-order valence-corrected chi connectivity index (χ0v) is 17.3. The third kappa shape index (κ3) is 3.50. The summed E-state index contributed by atoms with van der Waals surface area (Å²) in [6, 6.07) is 17.5. The fraction of sp³-hybridized carbons (Fsp3) is 0.167. The van der Waals surface area contributed by atoms with Crippen molar-refractivity contribution in [2.24, 2.45) is 0 Å². The van der Waals surface area contributed by atoms with Crippen LogP contribution in [0.5, 0.6) is 5.75 Å². The number of carbonyl (C=O) groups excluding carboxylic acids is 1. The maximum Gasteiger partial charge on any atom is 0.294 e. The van der Waals surface area contributed by atoms with Crippen LogP contribution in [0.3, 0.4) is 0 Å². The number of rotatable bonds is 5. The molecule has 0 spiro atoms. The number of amides is 1. The monoisotopic (exact) mass is 416 g/mol. The van der Waals surface area contributed by atoms with E-state index in [9.17, 15) is 4.79 Å². The van der Waals surface area contributed by atoms with Gasteiger partial charge < -0.3 is 14.1 Å². The minimum absolute atomic E-state index is 0.136. The Morgan fingerprint density at radius 2 is 2.07 bits per heavy atom. The van der Waals surface area contributed by atoms with Gasteiger partial charge in [-0.15, -0.1) is 11.3 Å². The van der Waals surface area contributed by atoms with Crippen molar-refractivity contribution in [2.75, 3.05) is 11.4 Å².